The molecule has 2 aromatic carbocycles. The second kappa shape index (κ2) is 8.84. The van der Waals surface area contributed by atoms with Gasteiger partial charge in [-0.1, -0.05) is 17.7 Å². The molecule has 2 amide bonds. The Bertz CT molecular complexity index is 906. The van der Waals surface area contributed by atoms with Crippen molar-refractivity contribution in [1.29, 1.82) is 0 Å². The molecule has 0 aromatic heterocycles. The number of anilines is 2. The summed E-state index contributed by atoms with van der Waals surface area (Å²) in [4.78, 5) is 26.9. The topological polar surface area (TPSA) is 67.9 Å². The van der Waals surface area contributed by atoms with Crippen LogP contribution in [0.25, 0.3) is 0 Å². The van der Waals surface area contributed by atoms with Crippen LogP contribution in [0.5, 0.6) is 11.5 Å². The van der Waals surface area contributed by atoms with Gasteiger partial charge in [0, 0.05) is 29.7 Å². The van der Waals surface area contributed by atoms with E-state index in [1.807, 2.05) is 19.1 Å². The average Bonchev–Trinajstić information content (AvgIpc) is 3.06. The van der Waals surface area contributed by atoms with Gasteiger partial charge in [-0.3, -0.25) is 9.59 Å². The molecular formula is C20H20BrClN2O4. The lowest BCUT2D eigenvalue weighted by Gasteiger charge is -2.18. The van der Waals surface area contributed by atoms with Crippen LogP contribution in [0.3, 0.4) is 0 Å². The van der Waals surface area contributed by atoms with Crippen molar-refractivity contribution in [2.45, 2.75) is 13.3 Å². The molecule has 28 heavy (non-hydrogen) atoms. The maximum Gasteiger partial charge on any atom is 0.229 e. The molecule has 1 heterocycles. The van der Waals surface area contributed by atoms with Crippen LogP contribution >= 0.6 is 27.5 Å². The van der Waals surface area contributed by atoms with Gasteiger partial charge in [-0.15, -0.1) is 0 Å². The van der Waals surface area contributed by atoms with Gasteiger partial charge in [0.25, 0.3) is 0 Å². The molecule has 6 nitrogen and oxygen atoms in total. The van der Waals surface area contributed by atoms with Crippen LogP contribution in [0.15, 0.2) is 40.9 Å². The van der Waals surface area contributed by atoms with Crippen LogP contribution in [0.1, 0.15) is 13.3 Å². The first kappa shape index (κ1) is 20.5. The summed E-state index contributed by atoms with van der Waals surface area (Å²) in [5, 5.41) is 3.32. The number of ether oxygens (including phenoxy) is 2. The van der Waals surface area contributed by atoms with E-state index in [1.165, 1.54) is 0 Å². The van der Waals surface area contributed by atoms with Crippen LogP contribution in [0, 0.1) is 5.92 Å². The highest BCUT2D eigenvalue weighted by Gasteiger charge is 2.35. The van der Waals surface area contributed by atoms with Crippen LogP contribution in [0.4, 0.5) is 11.4 Å². The largest absolute Gasteiger partial charge is 0.497 e. The smallest absolute Gasteiger partial charge is 0.229 e. The highest BCUT2D eigenvalue weighted by atomic mass is 79.9. The summed E-state index contributed by atoms with van der Waals surface area (Å²) in [6.45, 7) is 2.59. The Morgan fingerprint density at radius 1 is 1.36 bits per heavy atom. The zero-order valence-corrected chi connectivity index (χ0v) is 17.8. The molecule has 0 radical (unpaired) electrons. The molecular weight excluding hydrogens is 448 g/mol. The van der Waals surface area contributed by atoms with Crippen LogP contribution in [-0.2, 0) is 9.59 Å². The number of carbonyl (C=O) groups is 2. The molecule has 1 N–H and O–H groups in total. The Labute approximate surface area is 176 Å². The van der Waals surface area contributed by atoms with Crippen molar-refractivity contribution in [1.82, 2.24) is 0 Å². The molecule has 148 valence electrons. The lowest BCUT2D eigenvalue weighted by Crippen LogP contribution is -2.28. The van der Waals surface area contributed by atoms with E-state index < -0.39 is 5.92 Å². The Hall–Kier alpha value is -2.25. The molecule has 8 heteroatoms. The van der Waals surface area contributed by atoms with Crippen molar-refractivity contribution in [2.24, 2.45) is 5.92 Å². The van der Waals surface area contributed by atoms with E-state index in [0.717, 1.165) is 0 Å². The van der Waals surface area contributed by atoms with Crippen molar-refractivity contribution in [3.63, 3.8) is 0 Å². The van der Waals surface area contributed by atoms with Gasteiger partial charge in [-0.25, -0.2) is 0 Å². The number of methoxy groups -OCH3 is 1. The van der Waals surface area contributed by atoms with Gasteiger partial charge >= 0.3 is 0 Å². The summed E-state index contributed by atoms with van der Waals surface area (Å²) in [6.07, 6.45) is 0.134. The van der Waals surface area contributed by atoms with Gasteiger partial charge in [0.05, 0.1) is 29.8 Å². The van der Waals surface area contributed by atoms with Crippen molar-refractivity contribution in [3.8, 4) is 11.5 Å². The number of rotatable bonds is 6. The van der Waals surface area contributed by atoms with Crippen molar-refractivity contribution >= 4 is 50.7 Å². The van der Waals surface area contributed by atoms with Crippen LogP contribution in [0.2, 0.25) is 5.02 Å². The van der Waals surface area contributed by atoms with Crippen molar-refractivity contribution < 1.29 is 19.1 Å². The van der Waals surface area contributed by atoms with Crippen LogP contribution in [-0.4, -0.2) is 32.1 Å². The predicted molar refractivity (Wildman–Crippen MR) is 112 cm³/mol. The normalized spacial score (nSPS) is 16.2. The van der Waals surface area contributed by atoms with E-state index in [0.29, 0.717) is 45.5 Å². The summed E-state index contributed by atoms with van der Waals surface area (Å²) in [5.74, 6) is 0.322. The number of nitrogens with zero attached hydrogens (tertiary/aromatic N) is 1. The van der Waals surface area contributed by atoms with E-state index in [2.05, 4.69) is 21.2 Å². The third-order valence-corrected chi connectivity index (χ3v) is 5.22. The average molecular weight is 468 g/mol. The molecule has 1 aliphatic rings. The van der Waals surface area contributed by atoms with Gasteiger partial charge in [0.15, 0.2) is 5.75 Å². The number of nitrogens with one attached hydrogen (secondary N) is 1. The molecule has 3 rings (SSSR count). The second-order valence-corrected chi connectivity index (χ2v) is 7.58. The number of benzene rings is 2. The SMILES string of the molecule is CCOc1c(Br)cc(Cl)cc1NC(=O)C1CC(=O)N(c2cccc(OC)c2)C1. The number of carbonyl (C=O) groups excluding carboxylic acids is 2. The minimum Gasteiger partial charge on any atom is -0.497 e. The Balaban J connectivity index is 1.77. The number of amides is 2. The monoisotopic (exact) mass is 466 g/mol. The summed E-state index contributed by atoms with van der Waals surface area (Å²) >= 11 is 9.51. The first-order valence-corrected chi connectivity index (χ1v) is 9.97. The minimum absolute atomic E-state index is 0.106. The maximum atomic E-state index is 12.8. The number of hydrogen-bond acceptors (Lipinski definition) is 4. The standard InChI is InChI=1S/C20H20BrClN2O4/c1-3-28-19-16(21)8-13(22)9-17(19)23-20(26)12-7-18(25)24(11-12)14-5-4-6-15(10-14)27-2/h4-6,8-10,12H,3,7,11H2,1-2H3,(H,23,26). The van der Waals surface area contributed by atoms with Gasteiger partial charge in [-0.05, 0) is 47.1 Å². The Morgan fingerprint density at radius 3 is 2.86 bits per heavy atom. The molecule has 1 aliphatic heterocycles. The highest BCUT2D eigenvalue weighted by Crippen LogP contribution is 2.37. The molecule has 0 spiro atoms. The fourth-order valence-electron chi connectivity index (χ4n) is 3.09. The Morgan fingerprint density at radius 2 is 2.14 bits per heavy atom. The van der Waals surface area contributed by atoms with Gasteiger partial charge in [-0.2, -0.15) is 0 Å². The van der Waals surface area contributed by atoms with Gasteiger partial charge in [0.1, 0.15) is 5.75 Å². The molecule has 1 atom stereocenters. The molecule has 0 bridgehead atoms. The minimum atomic E-state index is -0.481. The summed E-state index contributed by atoms with van der Waals surface area (Å²) in [7, 11) is 1.57. The lowest BCUT2D eigenvalue weighted by atomic mass is 10.1. The van der Waals surface area contributed by atoms with Crippen molar-refractivity contribution in [3.05, 3.63) is 45.9 Å². The number of halogens is 2. The summed E-state index contributed by atoms with van der Waals surface area (Å²) in [6, 6.07) is 10.5. The van der Waals surface area contributed by atoms with E-state index in [-0.39, 0.29) is 18.2 Å². The van der Waals surface area contributed by atoms with Crippen LogP contribution < -0.4 is 19.7 Å². The third kappa shape index (κ3) is 4.42. The Kier molecular flexibility index (Phi) is 6.46. The zero-order valence-electron chi connectivity index (χ0n) is 15.5. The van der Waals surface area contributed by atoms with E-state index in [9.17, 15) is 9.59 Å². The van der Waals surface area contributed by atoms with Crippen molar-refractivity contribution in [2.75, 3.05) is 30.5 Å². The van der Waals surface area contributed by atoms with E-state index >= 15 is 0 Å². The highest BCUT2D eigenvalue weighted by molar-refractivity contribution is 9.10. The first-order chi connectivity index (χ1) is 13.4. The quantitative estimate of drug-likeness (QED) is 0.679. The second-order valence-electron chi connectivity index (χ2n) is 6.29. The van der Waals surface area contributed by atoms with E-state index in [1.54, 1.807) is 36.3 Å². The van der Waals surface area contributed by atoms with Gasteiger partial charge < -0.3 is 19.7 Å². The number of hydrogen-bond donors (Lipinski definition) is 1. The molecule has 0 saturated carbocycles. The maximum absolute atomic E-state index is 12.8. The summed E-state index contributed by atoms with van der Waals surface area (Å²) in [5.41, 5.74) is 1.18. The van der Waals surface area contributed by atoms with Gasteiger partial charge in [0.2, 0.25) is 11.8 Å². The summed E-state index contributed by atoms with van der Waals surface area (Å²) < 4.78 is 11.5. The molecule has 1 unspecified atom stereocenters. The predicted octanol–water partition coefficient (Wildman–Crippen LogP) is 4.50. The first-order valence-electron chi connectivity index (χ1n) is 8.80. The lowest BCUT2D eigenvalue weighted by molar-refractivity contribution is -0.122. The fourth-order valence-corrected chi connectivity index (χ4v) is 4.01. The molecule has 1 saturated heterocycles. The third-order valence-electron chi connectivity index (χ3n) is 4.42. The molecule has 1 fully saturated rings. The molecule has 0 aliphatic carbocycles. The molecule has 2 aromatic rings. The fraction of sp³-hybridized carbons (Fsp3) is 0.300. The zero-order chi connectivity index (χ0) is 20.3. The van der Waals surface area contributed by atoms with E-state index in [4.69, 9.17) is 21.1 Å².